The first-order valence-corrected chi connectivity index (χ1v) is 7.83. The summed E-state index contributed by atoms with van der Waals surface area (Å²) in [5, 5.41) is 7.45. The number of hydrogen-bond acceptors (Lipinski definition) is 3. The summed E-state index contributed by atoms with van der Waals surface area (Å²) in [4.78, 5) is 14.3. The maximum absolute atomic E-state index is 12.3. The molecule has 2 rings (SSSR count). The fourth-order valence-corrected chi connectivity index (χ4v) is 2.81. The third kappa shape index (κ3) is 3.99. The molecule has 0 saturated heterocycles. The Morgan fingerprint density at radius 3 is 2.35 bits per heavy atom. The molecule has 0 bridgehead atoms. The Morgan fingerprint density at radius 2 is 1.83 bits per heavy atom. The molecule has 0 fully saturated rings. The van der Waals surface area contributed by atoms with Crippen molar-refractivity contribution < 1.29 is 4.79 Å². The lowest BCUT2D eigenvalue weighted by molar-refractivity contribution is -0.117. The molecule has 5 heteroatoms. The summed E-state index contributed by atoms with van der Waals surface area (Å²) < 4.78 is 1.88. The van der Waals surface area contributed by atoms with Crippen LogP contribution in [0, 0.1) is 27.7 Å². The highest BCUT2D eigenvalue weighted by Gasteiger charge is 2.14. The number of nitrogens with zero attached hydrogens (tertiary/aromatic N) is 3. The first-order valence-electron chi connectivity index (χ1n) is 7.83. The Morgan fingerprint density at radius 1 is 1.22 bits per heavy atom. The van der Waals surface area contributed by atoms with E-state index in [-0.39, 0.29) is 5.91 Å². The average Bonchev–Trinajstić information content (AvgIpc) is 2.69. The Hall–Kier alpha value is -2.14. The van der Waals surface area contributed by atoms with Crippen LogP contribution in [0.15, 0.2) is 18.2 Å². The largest absolute Gasteiger partial charge is 0.324 e. The van der Waals surface area contributed by atoms with Gasteiger partial charge in [0.05, 0.1) is 12.2 Å². The van der Waals surface area contributed by atoms with Gasteiger partial charge in [0.15, 0.2) is 0 Å². The highest BCUT2D eigenvalue weighted by molar-refractivity contribution is 5.93. The maximum Gasteiger partial charge on any atom is 0.238 e. The van der Waals surface area contributed by atoms with Gasteiger partial charge < -0.3 is 5.32 Å². The van der Waals surface area contributed by atoms with Crippen LogP contribution in [0.4, 0.5) is 5.69 Å². The molecular formula is C18H26N4O. The topological polar surface area (TPSA) is 50.2 Å². The van der Waals surface area contributed by atoms with E-state index in [4.69, 9.17) is 0 Å². The van der Waals surface area contributed by atoms with E-state index in [0.717, 1.165) is 28.2 Å². The summed E-state index contributed by atoms with van der Waals surface area (Å²) in [6, 6.07) is 6.02. The summed E-state index contributed by atoms with van der Waals surface area (Å²) >= 11 is 0. The lowest BCUT2D eigenvalue weighted by Gasteiger charge is -2.18. The second kappa shape index (κ2) is 6.96. The third-order valence-electron chi connectivity index (χ3n) is 4.25. The zero-order valence-electron chi connectivity index (χ0n) is 14.9. The molecule has 1 aromatic heterocycles. The van der Waals surface area contributed by atoms with E-state index in [2.05, 4.69) is 17.3 Å². The molecular weight excluding hydrogens is 288 g/mol. The molecule has 0 radical (unpaired) electrons. The van der Waals surface area contributed by atoms with Gasteiger partial charge in [-0.25, -0.2) is 0 Å². The number of likely N-dealkylation sites (N-methyl/N-ethyl adjacent to an activating group) is 1. The fraction of sp³-hybridized carbons (Fsp3) is 0.444. The Bertz CT molecular complexity index is 698. The van der Waals surface area contributed by atoms with Crippen LogP contribution in [0.5, 0.6) is 0 Å². The van der Waals surface area contributed by atoms with Gasteiger partial charge in [0.2, 0.25) is 5.91 Å². The molecule has 0 spiro atoms. The standard InChI is InChI=1S/C18H26N4O/c1-12-8-7-9-13(2)18(12)19-17(23)11-21(5)10-16-14(3)20-22(6)15(16)4/h7-9H,10-11H2,1-6H3,(H,19,23). The summed E-state index contributed by atoms with van der Waals surface area (Å²) in [5.74, 6) is 0.00379. The first-order chi connectivity index (χ1) is 10.8. The van der Waals surface area contributed by atoms with Gasteiger partial charge in [-0.15, -0.1) is 0 Å². The van der Waals surface area contributed by atoms with E-state index < -0.39 is 0 Å². The highest BCUT2D eigenvalue weighted by atomic mass is 16.2. The maximum atomic E-state index is 12.3. The van der Waals surface area contributed by atoms with Gasteiger partial charge in [-0.3, -0.25) is 14.4 Å². The fourth-order valence-electron chi connectivity index (χ4n) is 2.81. The number of anilines is 1. The highest BCUT2D eigenvalue weighted by Crippen LogP contribution is 2.19. The Labute approximate surface area is 138 Å². The van der Waals surface area contributed by atoms with Crippen LogP contribution in [0.1, 0.15) is 28.1 Å². The molecule has 1 N–H and O–H groups in total. The molecule has 23 heavy (non-hydrogen) atoms. The summed E-state index contributed by atoms with van der Waals surface area (Å²) in [5.41, 5.74) is 6.44. The van der Waals surface area contributed by atoms with Crippen LogP contribution in [0.25, 0.3) is 0 Å². The molecule has 2 aromatic rings. The van der Waals surface area contributed by atoms with Crippen LogP contribution in [-0.2, 0) is 18.4 Å². The van der Waals surface area contributed by atoms with Gasteiger partial charge in [-0.1, -0.05) is 18.2 Å². The number of rotatable bonds is 5. The number of nitrogens with one attached hydrogen (secondary N) is 1. The molecule has 1 heterocycles. The van der Waals surface area contributed by atoms with Crippen LogP contribution in [0.2, 0.25) is 0 Å². The number of hydrogen-bond donors (Lipinski definition) is 1. The first kappa shape index (κ1) is 17.2. The molecule has 5 nitrogen and oxygen atoms in total. The normalized spacial score (nSPS) is 11.1. The Kier molecular flexibility index (Phi) is 5.21. The molecule has 0 unspecified atom stereocenters. The van der Waals surface area contributed by atoms with Gasteiger partial charge in [-0.2, -0.15) is 5.10 Å². The number of para-hydroxylation sites is 1. The summed E-state index contributed by atoms with van der Waals surface area (Å²) in [6.07, 6.45) is 0. The predicted octanol–water partition coefficient (Wildman–Crippen LogP) is 2.72. The van der Waals surface area contributed by atoms with Gasteiger partial charge in [0, 0.05) is 30.5 Å². The number of aromatic nitrogens is 2. The molecule has 0 aliphatic rings. The third-order valence-corrected chi connectivity index (χ3v) is 4.25. The molecule has 0 saturated carbocycles. The van der Waals surface area contributed by atoms with Crippen LogP contribution in [-0.4, -0.2) is 34.2 Å². The lowest BCUT2D eigenvalue weighted by Crippen LogP contribution is -2.30. The van der Waals surface area contributed by atoms with Crippen molar-refractivity contribution in [3.8, 4) is 0 Å². The molecule has 1 amide bonds. The van der Waals surface area contributed by atoms with Crippen molar-refractivity contribution in [2.24, 2.45) is 7.05 Å². The van der Waals surface area contributed by atoms with Gasteiger partial charge >= 0.3 is 0 Å². The van der Waals surface area contributed by atoms with E-state index >= 15 is 0 Å². The van der Waals surface area contributed by atoms with Crippen molar-refractivity contribution >= 4 is 11.6 Å². The molecule has 0 aliphatic heterocycles. The number of aryl methyl sites for hydroxylation is 4. The smallest absolute Gasteiger partial charge is 0.238 e. The van der Waals surface area contributed by atoms with Crippen molar-refractivity contribution in [2.45, 2.75) is 34.2 Å². The van der Waals surface area contributed by atoms with E-state index in [9.17, 15) is 4.79 Å². The monoisotopic (exact) mass is 314 g/mol. The number of amides is 1. The second-order valence-electron chi connectivity index (χ2n) is 6.26. The second-order valence-corrected chi connectivity index (χ2v) is 6.26. The van der Waals surface area contributed by atoms with Gasteiger partial charge in [0.1, 0.15) is 0 Å². The summed E-state index contributed by atoms with van der Waals surface area (Å²) in [7, 11) is 3.90. The molecule has 124 valence electrons. The zero-order valence-corrected chi connectivity index (χ0v) is 14.9. The van der Waals surface area contributed by atoms with Crippen LogP contribution >= 0.6 is 0 Å². The number of carbonyl (C=O) groups excluding carboxylic acids is 1. The lowest BCUT2D eigenvalue weighted by atomic mass is 10.1. The van der Waals surface area contributed by atoms with Crippen molar-refractivity contribution in [1.29, 1.82) is 0 Å². The van der Waals surface area contributed by atoms with E-state index in [0.29, 0.717) is 13.1 Å². The minimum absolute atomic E-state index is 0.00379. The zero-order chi connectivity index (χ0) is 17.1. The minimum atomic E-state index is 0.00379. The predicted molar refractivity (Wildman–Crippen MR) is 93.6 cm³/mol. The van der Waals surface area contributed by atoms with Crippen LogP contribution in [0.3, 0.4) is 0 Å². The van der Waals surface area contributed by atoms with Gasteiger partial charge in [-0.05, 0) is 45.9 Å². The van der Waals surface area contributed by atoms with E-state index in [1.807, 2.05) is 62.6 Å². The quantitative estimate of drug-likeness (QED) is 0.923. The Balaban J connectivity index is 2.00. The van der Waals surface area contributed by atoms with E-state index in [1.165, 1.54) is 5.56 Å². The van der Waals surface area contributed by atoms with Gasteiger partial charge in [0.25, 0.3) is 0 Å². The SMILES string of the molecule is Cc1cccc(C)c1NC(=O)CN(C)Cc1c(C)nn(C)c1C. The van der Waals surface area contributed by atoms with Crippen molar-refractivity contribution in [3.63, 3.8) is 0 Å². The average molecular weight is 314 g/mol. The van der Waals surface area contributed by atoms with Crippen LogP contribution < -0.4 is 5.32 Å². The van der Waals surface area contributed by atoms with Crippen molar-refractivity contribution in [3.05, 3.63) is 46.3 Å². The van der Waals surface area contributed by atoms with Crippen molar-refractivity contribution in [1.82, 2.24) is 14.7 Å². The van der Waals surface area contributed by atoms with E-state index in [1.54, 1.807) is 0 Å². The molecule has 0 aliphatic carbocycles. The number of carbonyl (C=O) groups is 1. The molecule has 0 atom stereocenters. The molecule has 1 aromatic carbocycles. The number of benzene rings is 1. The summed E-state index contributed by atoms with van der Waals surface area (Å²) in [6.45, 7) is 9.14. The minimum Gasteiger partial charge on any atom is -0.324 e. The van der Waals surface area contributed by atoms with Crippen molar-refractivity contribution in [2.75, 3.05) is 18.9 Å².